The number of hydrogen-bond donors (Lipinski definition) is 5. The van der Waals surface area contributed by atoms with E-state index < -0.39 is 120 Å². The first-order valence-electron chi connectivity index (χ1n) is 45.0. The van der Waals surface area contributed by atoms with Gasteiger partial charge in [0.1, 0.15) is 17.0 Å². The predicted molar refractivity (Wildman–Crippen MR) is 489 cm³/mol. The van der Waals surface area contributed by atoms with Crippen LogP contribution in [0.4, 0.5) is 127 Å². The Morgan fingerprint density at radius 2 is 0.655 bits per heavy atom. The number of nitrogens with one attached hydrogen (secondary N) is 4. The van der Waals surface area contributed by atoms with Crippen molar-refractivity contribution >= 4 is 139 Å². The lowest BCUT2D eigenvalue weighted by Gasteiger charge is -2.34. The summed E-state index contributed by atoms with van der Waals surface area (Å²) in [7, 11) is 0. The molecule has 12 aromatic rings. The number of halogens is 14. The molecule has 32 nitrogen and oxygen atoms in total. The third-order valence-electron chi connectivity index (χ3n) is 24.3. The van der Waals surface area contributed by atoms with E-state index in [0.29, 0.717) is 151 Å². The van der Waals surface area contributed by atoms with Crippen molar-refractivity contribution in [1.82, 2.24) is 38.2 Å². The number of carbonyl (C=O) groups is 8. The van der Waals surface area contributed by atoms with Gasteiger partial charge in [-0.1, -0.05) is 36.4 Å². The highest BCUT2D eigenvalue weighted by Gasteiger charge is 2.43. The molecule has 8 aromatic carbocycles. The zero-order chi connectivity index (χ0) is 101. The first kappa shape index (κ1) is 100. The highest BCUT2D eigenvalue weighted by atomic mass is 19.4. The smallest absolute Gasteiger partial charge is 0.416 e. The van der Waals surface area contributed by atoms with Crippen LogP contribution in [0.5, 0.6) is 0 Å². The van der Waals surface area contributed by atoms with E-state index in [1.807, 2.05) is 0 Å². The van der Waals surface area contributed by atoms with Crippen LogP contribution in [0.15, 0.2) is 170 Å². The molecule has 750 valence electrons. The molecule has 5 N–H and O–H groups in total. The Balaban J connectivity index is 0.000000136. The van der Waals surface area contributed by atoms with Crippen molar-refractivity contribution in [2.75, 3.05) is 140 Å². The van der Waals surface area contributed by atoms with Crippen molar-refractivity contribution in [2.24, 2.45) is 0 Å². The second kappa shape index (κ2) is 42.1. The fourth-order valence-corrected chi connectivity index (χ4v) is 16.7. The highest BCUT2D eigenvalue weighted by molar-refractivity contribution is 6.08. The lowest BCUT2D eigenvalue weighted by Crippen LogP contribution is -2.48. The maximum Gasteiger partial charge on any atom is 0.416 e. The number of amides is 8. The van der Waals surface area contributed by atoms with E-state index in [1.165, 1.54) is 81.8 Å². The van der Waals surface area contributed by atoms with Crippen molar-refractivity contribution in [2.45, 2.75) is 132 Å². The second-order valence-electron chi connectivity index (χ2n) is 34.8. The molecule has 4 aromatic heterocycles. The number of aliphatic hydroxyl groups excluding tert-OH is 1. The topological polar surface area (TPSA) is 354 Å². The number of benzene rings is 8. The Bertz CT molecular complexity index is 6730. The number of nitrogens with zero attached hydrogens (tertiary/aromatic N) is 12. The van der Waals surface area contributed by atoms with Gasteiger partial charge >= 0.3 is 36.7 Å². The van der Waals surface area contributed by atoms with Gasteiger partial charge < -0.3 is 56.5 Å². The summed E-state index contributed by atoms with van der Waals surface area (Å²) in [6, 6.07) is 38.0. The molecule has 1 atom stereocenters. The summed E-state index contributed by atoms with van der Waals surface area (Å²) in [6.07, 6.45) is -13.3. The van der Waals surface area contributed by atoms with Gasteiger partial charge in [-0.05, 0) is 166 Å². The van der Waals surface area contributed by atoms with E-state index >= 15 is 8.78 Å². The molecule has 7 saturated heterocycles. The quantitative estimate of drug-likeness (QED) is 0.0293. The van der Waals surface area contributed by atoms with Crippen molar-refractivity contribution in [3.63, 3.8) is 0 Å². The molecule has 0 spiro atoms. The Morgan fingerprint density at radius 3 is 0.930 bits per heavy atom. The predicted octanol–water partition coefficient (Wildman–Crippen LogP) is 19.0. The molecule has 7 fully saturated rings. The second-order valence-corrected chi connectivity index (χ2v) is 34.8. The summed E-state index contributed by atoms with van der Waals surface area (Å²) in [5.41, 5.74) is -4.19. The highest BCUT2D eigenvalue weighted by Crippen LogP contribution is 2.41. The van der Waals surface area contributed by atoms with E-state index in [0.717, 1.165) is 49.4 Å². The molecule has 142 heavy (non-hydrogen) atoms. The van der Waals surface area contributed by atoms with Crippen LogP contribution >= 0.6 is 0 Å². The summed E-state index contributed by atoms with van der Waals surface area (Å²) in [5.74, 6) is -2.99. The molecule has 1 unspecified atom stereocenters. The van der Waals surface area contributed by atoms with Crippen molar-refractivity contribution in [3.05, 3.63) is 214 Å². The Kier molecular flexibility index (Phi) is 29.8. The lowest BCUT2D eigenvalue weighted by molar-refractivity contribution is -0.138. The molecule has 7 aliphatic heterocycles. The van der Waals surface area contributed by atoms with Crippen LogP contribution in [0.1, 0.15) is 135 Å². The van der Waals surface area contributed by atoms with Gasteiger partial charge in [-0.3, -0.25) is 60.0 Å². The van der Waals surface area contributed by atoms with Crippen LogP contribution in [-0.4, -0.2) is 213 Å². The summed E-state index contributed by atoms with van der Waals surface area (Å²) < 4.78 is 234. The number of anilines is 8. The first-order chi connectivity index (χ1) is 67.8. The minimum Gasteiger partial charge on any atom is -0.449 e. The standard InChI is InChI=1S/C25H24F4N4O4.C25H25F3N4O4.C23H22F4N4O4.C23H21F3N4O4/c26-24(7-11-36-12-8-24)15-33-20-6-5-18(32-9-2-10-37-23(32)35)14-19(20)30-22(33)31-21(34)16-3-1-4-17(13-16)25(27,28)29;26-21(27)16-3-1-4-17(13-16)22(33)30-23-29-19-14-18(31-9-2-10-36-24(31)34)5-6-20(19)32(23)15-25(28)7-11-35-12-8-25;1-22(24,13-32)12-31-18-7-6-16(30-8-3-9-35-21(30)34)11-17(18)28-20(31)29-19(33)14-4-2-5-15(10-14)23(25,26)27;24-19(25)14-3-1-4-15(9-14)20(31)28-21-27-17-10-16(29-7-2-8-34-22(29)32)5-6-18(17)30(21)11-23(26)12-33-13-23/h1,3-6,13-14H,2,7-12,15H2,(H,30,31,34);1,3-6,13-14,21H,2,7-12,15H2,(H,29,30,33);2,4-7,10-11,32H,3,8-9,12-13H2,1H3,(H,28,29,33);1,3-6,9-10,19H,2,7-8,11-13H2,(H,27,28,31). The molecule has 0 bridgehead atoms. The first-order valence-corrected chi connectivity index (χ1v) is 45.0. The maximum absolute atomic E-state index is 15.7. The number of aliphatic hydroxyl groups is 1. The number of carbonyl (C=O) groups excluding carboxylic acids is 8. The third-order valence-corrected chi connectivity index (χ3v) is 24.3. The number of rotatable bonds is 23. The van der Waals surface area contributed by atoms with Gasteiger partial charge in [0.15, 0.2) is 5.67 Å². The monoisotopic (exact) mass is 1990 g/mol. The zero-order valence-corrected chi connectivity index (χ0v) is 75.6. The zero-order valence-electron chi connectivity index (χ0n) is 75.6. The van der Waals surface area contributed by atoms with Crippen LogP contribution in [-0.2, 0) is 71.7 Å². The fraction of sp³-hybridized carbons (Fsp3) is 0.375. The average Bonchev–Trinajstić information content (AvgIpc) is 1.63. The van der Waals surface area contributed by atoms with Gasteiger partial charge in [-0.2, -0.15) is 26.3 Å². The third kappa shape index (κ3) is 23.4. The largest absolute Gasteiger partial charge is 0.449 e. The summed E-state index contributed by atoms with van der Waals surface area (Å²) in [6.45, 7) is 3.71. The van der Waals surface area contributed by atoms with Gasteiger partial charge in [0.05, 0.1) is 128 Å². The van der Waals surface area contributed by atoms with Crippen molar-refractivity contribution in [3.8, 4) is 0 Å². The normalized spacial score (nSPS) is 17.4. The minimum absolute atomic E-state index is 0.0145. The molecular weight excluding hydrogens is 1900 g/mol. The van der Waals surface area contributed by atoms with E-state index in [4.69, 9.17) is 33.2 Å². The number of cyclic esters (lactones) is 4. The van der Waals surface area contributed by atoms with E-state index in [1.54, 1.807) is 77.4 Å². The van der Waals surface area contributed by atoms with Crippen LogP contribution in [0.3, 0.4) is 0 Å². The van der Waals surface area contributed by atoms with E-state index in [2.05, 4.69) is 41.2 Å². The van der Waals surface area contributed by atoms with Crippen LogP contribution in [0.2, 0.25) is 0 Å². The van der Waals surface area contributed by atoms with Gasteiger partial charge in [0.25, 0.3) is 36.5 Å². The minimum atomic E-state index is -4.63. The SMILES string of the molecule is CC(F)(CO)Cn1c(NC(=O)c2cccc(C(F)(F)F)c2)nc2cc(N3CCCOC3=O)ccc21.O=C(Nc1nc2cc(N3CCCOC3=O)ccc2n1CC1(F)CCOCC1)c1cccc(C(F)(F)F)c1.O=C(Nc1nc2cc(N3CCCOC3=O)ccc2n1CC1(F)CCOCC1)c1cccc(C(F)F)c1.O=C(Nc1nc2cc(N3CCCOC3=O)ccc2n1CC1(F)COC1)c1cccc(C(F)F)c1. The fourth-order valence-electron chi connectivity index (χ4n) is 16.7. The summed E-state index contributed by atoms with van der Waals surface area (Å²) in [4.78, 5) is 124. The molecule has 46 heteroatoms. The van der Waals surface area contributed by atoms with Crippen LogP contribution in [0.25, 0.3) is 44.1 Å². The summed E-state index contributed by atoms with van der Waals surface area (Å²) >= 11 is 0. The Labute approximate surface area is 798 Å². The van der Waals surface area contributed by atoms with E-state index in [9.17, 15) is 96.1 Å². The van der Waals surface area contributed by atoms with Crippen molar-refractivity contribution < 1.29 is 138 Å². The molecule has 19 rings (SSSR count). The Morgan fingerprint density at radius 1 is 0.373 bits per heavy atom. The maximum atomic E-state index is 15.7. The number of imidazole rings is 4. The molecule has 11 heterocycles. The van der Waals surface area contributed by atoms with Gasteiger partial charge in [0, 0.05) is 134 Å². The van der Waals surface area contributed by atoms with Crippen molar-refractivity contribution in [1.29, 1.82) is 0 Å². The number of aromatic nitrogens is 8. The average molecular weight is 1990 g/mol. The molecule has 0 aliphatic carbocycles. The number of ether oxygens (including phenoxy) is 7. The van der Waals surface area contributed by atoms with Gasteiger partial charge in [0.2, 0.25) is 23.8 Å². The Hall–Kier alpha value is -14.5. The van der Waals surface area contributed by atoms with E-state index in [-0.39, 0.29) is 142 Å². The molecule has 7 aliphatic rings. The number of hydrogen-bond acceptors (Lipinski definition) is 20. The van der Waals surface area contributed by atoms with Gasteiger partial charge in [-0.25, -0.2) is 74.2 Å². The molecule has 8 amide bonds. The van der Waals surface area contributed by atoms with Crippen LogP contribution in [0, 0.1) is 0 Å². The van der Waals surface area contributed by atoms with Gasteiger partial charge in [-0.15, -0.1) is 0 Å². The number of fused-ring (bicyclic) bond motifs is 4. The lowest BCUT2D eigenvalue weighted by atomic mass is 9.96. The van der Waals surface area contributed by atoms with Crippen LogP contribution < -0.4 is 40.9 Å². The summed E-state index contributed by atoms with van der Waals surface area (Å²) in [5, 5.41) is 19.7. The molecular formula is C96H92F14N16O16. The number of alkyl halides is 14. The molecule has 0 radical (unpaired) electrons. The molecule has 0 saturated carbocycles.